The molecule has 0 saturated carbocycles. The smallest absolute Gasteiger partial charge is 0.308 e. The number of carbonyl (C=O) groups excluding carboxylic acids is 2. The third-order valence-electron chi connectivity index (χ3n) is 3.53. The van der Waals surface area contributed by atoms with Crippen molar-refractivity contribution in [3.05, 3.63) is 52.0 Å². The van der Waals surface area contributed by atoms with Gasteiger partial charge in [0.15, 0.2) is 15.6 Å². The number of carbonyl (C=O) groups is 2. The number of nitrogens with zero attached hydrogens (tertiary/aromatic N) is 1. The molecule has 0 saturated heterocycles. The highest BCUT2D eigenvalue weighted by atomic mass is 35.5. The summed E-state index contributed by atoms with van der Waals surface area (Å²) >= 11 is 12.1. The van der Waals surface area contributed by atoms with Gasteiger partial charge in [0.05, 0.1) is 20.6 Å². The van der Waals surface area contributed by atoms with E-state index < -0.39 is 27.6 Å². The molecule has 0 spiro atoms. The topological polar surface area (TPSA) is 80.8 Å². The highest BCUT2D eigenvalue weighted by Gasteiger charge is 2.36. The average molecular weight is 400 g/mol. The maximum absolute atomic E-state index is 12.8. The minimum absolute atomic E-state index is 0.0265. The molecule has 0 bridgehead atoms. The second kappa shape index (κ2) is 6.33. The first-order chi connectivity index (χ1) is 11.7. The van der Waals surface area contributed by atoms with E-state index in [0.29, 0.717) is 5.69 Å². The van der Waals surface area contributed by atoms with Crippen molar-refractivity contribution in [1.29, 1.82) is 0 Å². The third-order valence-corrected chi connectivity index (χ3v) is 5.70. The quantitative estimate of drug-likeness (QED) is 0.571. The summed E-state index contributed by atoms with van der Waals surface area (Å²) in [7, 11) is -3.58. The molecule has 130 valence electrons. The molecule has 6 nitrogen and oxygen atoms in total. The van der Waals surface area contributed by atoms with E-state index in [4.69, 9.17) is 27.9 Å². The van der Waals surface area contributed by atoms with Crippen LogP contribution in [-0.4, -0.2) is 26.2 Å². The van der Waals surface area contributed by atoms with Crippen molar-refractivity contribution in [2.45, 2.75) is 11.8 Å². The van der Waals surface area contributed by atoms with Crippen molar-refractivity contribution < 1.29 is 22.7 Å². The summed E-state index contributed by atoms with van der Waals surface area (Å²) in [6, 6.07) is 8.79. The standard InChI is InChI=1S/C16H11Cl2NO5S/c1-9(20)24-15-11(17)6-10(7-12(15)18)16(21)19-8-25(22,23)14-5-3-2-4-13(14)19/h2-7H,8H2,1H3. The van der Waals surface area contributed by atoms with Gasteiger partial charge in [-0.25, -0.2) is 8.42 Å². The Morgan fingerprint density at radius 1 is 1.12 bits per heavy atom. The molecule has 0 N–H and O–H groups in total. The first-order valence-corrected chi connectivity index (χ1v) is 9.42. The fourth-order valence-corrected chi connectivity index (χ4v) is 4.58. The molecule has 0 unspecified atom stereocenters. The van der Waals surface area contributed by atoms with E-state index >= 15 is 0 Å². The summed E-state index contributed by atoms with van der Waals surface area (Å²) in [5.41, 5.74) is 0.376. The van der Waals surface area contributed by atoms with Crippen LogP contribution >= 0.6 is 23.2 Å². The highest BCUT2D eigenvalue weighted by Crippen LogP contribution is 2.38. The second-order valence-corrected chi connectivity index (χ2v) is 8.05. The number of rotatable bonds is 2. The van der Waals surface area contributed by atoms with Crippen LogP contribution in [0, 0.1) is 0 Å². The lowest BCUT2D eigenvalue weighted by Gasteiger charge is -2.17. The zero-order chi connectivity index (χ0) is 18.4. The van der Waals surface area contributed by atoms with Crippen molar-refractivity contribution in [1.82, 2.24) is 0 Å². The zero-order valence-electron chi connectivity index (χ0n) is 12.8. The van der Waals surface area contributed by atoms with Crippen molar-refractivity contribution >= 4 is 50.6 Å². The lowest BCUT2D eigenvalue weighted by atomic mass is 10.1. The number of sulfone groups is 1. The van der Waals surface area contributed by atoms with Crippen LogP contribution in [0.4, 0.5) is 5.69 Å². The van der Waals surface area contributed by atoms with Crippen molar-refractivity contribution in [2.75, 3.05) is 10.8 Å². The molecule has 1 heterocycles. The molecule has 1 aliphatic heterocycles. The van der Waals surface area contributed by atoms with Crippen molar-refractivity contribution in [3.63, 3.8) is 0 Å². The average Bonchev–Trinajstić information content (AvgIpc) is 2.82. The Labute approximate surface area is 153 Å². The largest absolute Gasteiger partial charge is 0.424 e. The first kappa shape index (κ1) is 17.7. The Balaban J connectivity index is 2.02. The number of benzene rings is 2. The Morgan fingerprint density at radius 3 is 2.32 bits per heavy atom. The van der Waals surface area contributed by atoms with E-state index in [0.717, 1.165) is 4.90 Å². The van der Waals surface area contributed by atoms with Crippen LogP contribution in [0.5, 0.6) is 5.75 Å². The molecule has 2 aromatic carbocycles. The Hall–Kier alpha value is -2.09. The van der Waals surface area contributed by atoms with Crippen LogP contribution in [0.25, 0.3) is 0 Å². The number of amides is 1. The number of fused-ring (bicyclic) bond motifs is 1. The monoisotopic (exact) mass is 399 g/mol. The highest BCUT2D eigenvalue weighted by molar-refractivity contribution is 7.92. The summed E-state index contributed by atoms with van der Waals surface area (Å²) in [5.74, 6) is -1.71. The Kier molecular flexibility index (Phi) is 4.49. The van der Waals surface area contributed by atoms with E-state index in [1.54, 1.807) is 18.2 Å². The summed E-state index contributed by atoms with van der Waals surface area (Å²) in [6.45, 7) is 1.19. The number of para-hydroxylation sites is 1. The van der Waals surface area contributed by atoms with Gasteiger partial charge in [0.25, 0.3) is 5.91 Å². The van der Waals surface area contributed by atoms with E-state index in [9.17, 15) is 18.0 Å². The van der Waals surface area contributed by atoms with Gasteiger partial charge in [0.1, 0.15) is 5.88 Å². The van der Waals surface area contributed by atoms with E-state index in [2.05, 4.69) is 0 Å². The van der Waals surface area contributed by atoms with Crippen molar-refractivity contribution in [3.8, 4) is 5.75 Å². The SMILES string of the molecule is CC(=O)Oc1c(Cl)cc(C(=O)N2CS(=O)(=O)c3ccccc32)cc1Cl. The van der Waals surface area contributed by atoms with Gasteiger partial charge in [-0.2, -0.15) is 0 Å². The number of anilines is 1. The molecule has 9 heteroatoms. The predicted octanol–water partition coefficient (Wildman–Crippen LogP) is 3.31. The summed E-state index contributed by atoms with van der Waals surface area (Å²) in [5, 5.41) is -0.0530. The minimum atomic E-state index is -3.58. The van der Waals surface area contributed by atoms with Gasteiger partial charge < -0.3 is 4.74 Å². The van der Waals surface area contributed by atoms with E-state index in [-0.39, 0.29) is 26.3 Å². The zero-order valence-corrected chi connectivity index (χ0v) is 15.2. The summed E-state index contributed by atoms with van der Waals surface area (Å²) in [6.07, 6.45) is 0. The summed E-state index contributed by atoms with van der Waals surface area (Å²) in [4.78, 5) is 25.1. The fourth-order valence-electron chi connectivity index (χ4n) is 2.50. The maximum atomic E-state index is 12.8. The molecule has 0 aliphatic carbocycles. The lowest BCUT2D eigenvalue weighted by Crippen LogP contribution is -2.30. The fraction of sp³-hybridized carbons (Fsp3) is 0.125. The van der Waals surface area contributed by atoms with Gasteiger partial charge in [0.2, 0.25) is 0 Å². The van der Waals surface area contributed by atoms with Gasteiger partial charge in [0, 0.05) is 12.5 Å². The van der Waals surface area contributed by atoms with Crippen LogP contribution in [0.3, 0.4) is 0 Å². The number of halogens is 2. The van der Waals surface area contributed by atoms with Gasteiger partial charge >= 0.3 is 5.97 Å². The van der Waals surface area contributed by atoms with Crippen molar-refractivity contribution in [2.24, 2.45) is 0 Å². The molecule has 0 aromatic heterocycles. The van der Waals surface area contributed by atoms with Crippen LogP contribution in [0.15, 0.2) is 41.3 Å². The third kappa shape index (κ3) is 3.22. The Morgan fingerprint density at radius 2 is 1.72 bits per heavy atom. The van der Waals surface area contributed by atoms with Crippen LogP contribution < -0.4 is 9.64 Å². The van der Waals surface area contributed by atoms with Crippen LogP contribution in [0.1, 0.15) is 17.3 Å². The van der Waals surface area contributed by atoms with Crippen LogP contribution in [0.2, 0.25) is 10.0 Å². The second-order valence-electron chi connectivity index (χ2n) is 5.31. The van der Waals surface area contributed by atoms with Gasteiger partial charge in [-0.05, 0) is 24.3 Å². The van der Waals surface area contributed by atoms with Gasteiger partial charge in [-0.3, -0.25) is 14.5 Å². The number of ether oxygens (including phenoxy) is 1. The van der Waals surface area contributed by atoms with E-state index in [1.165, 1.54) is 25.1 Å². The number of hydrogen-bond donors (Lipinski definition) is 0. The first-order valence-electron chi connectivity index (χ1n) is 7.02. The molecule has 0 atom stereocenters. The number of esters is 1. The predicted molar refractivity (Wildman–Crippen MR) is 93.1 cm³/mol. The molecule has 1 amide bonds. The number of hydrogen-bond acceptors (Lipinski definition) is 5. The molecular formula is C16H11Cl2NO5S. The maximum Gasteiger partial charge on any atom is 0.308 e. The lowest BCUT2D eigenvalue weighted by molar-refractivity contribution is -0.131. The molecule has 0 fully saturated rings. The Bertz CT molecular complexity index is 980. The minimum Gasteiger partial charge on any atom is -0.424 e. The molecule has 25 heavy (non-hydrogen) atoms. The molecule has 2 aromatic rings. The molecule has 1 aliphatic rings. The molecule has 3 rings (SSSR count). The molecular weight excluding hydrogens is 389 g/mol. The normalized spacial score (nSPS) is 14.9. The van der Waals surface area contributed by atoms with Gasteiger partial charge in [-0.15, -0.1) is 0 Å². The van der Waals surface area contributed by atoms with E-state index in [1.807, 2.05) is 0 Å². The molecule has 0 radical (unpaired) electrons. The summed E-state index contributed by atoms with van der Waals surface area (Å²) < 4.78 is 29.3. The van der Waals surface area contributed by atoms with Crippen LogP contribution in [-0.2, 0) is 14.6 Å². The van der Waals surface area contributed by atoms with Gasteiger partial charge in [-0.1, -0.05) is 35.3 Å².